The van der Waals surface area contributed by atoms with Gasteiger partial charge in [-0.2, -0.15) is 0 Å². The lowest BCUT2D eigenvalue weighted by molar-refractivity contribution is 0.102. The van der Waals surface area contributed by atoms with Crippen molar-refractivity contribution in [1.29, 1.82) is 0 Å². The summed E-state index contributed by atoms with van der Waals surface area (Å²) < 4.78 is 13.2. The third kappa shape index (κ3) is 5.07. The smallest absolute Gasteiger partial charge is 0.258 e. The molecule has 0 bridgehead atoms. The van der Waals surface area contributed by atoms with Crippen LogP contribution < -0.4 is 15.5 Å². The molecule has 7 heteroatoms. The molecule has 3 rings (SSSR count). The molecule has 0 saturated heterocycles. The van der Waals surface area contributed by atoms with Crippen LogP contribution in [0, 0.1) is 12.7 Å². The molecule has 0 aliphatic heterocycles. The Balaban J connectivity index is 1.68. The summed E-state index contributed by atoms with van der Waals surface area (Å²) in [5.74, 6) is -0.422. The molecule has 0 atom stereocenters. The van der Waals surface area contributed by atoms with Crippen LogP contribution in [0.25, 0.3) is 0 Å². The number of aromatic nitrogens is 2. The van der Waals surface area contributed by atoms with E-state index in [0.717, 1.165) is 24.3 Å². The van der Waals surface area contributed by atoms with Crippen LogP contribution >= 0.6 is 0 Å². The quantitative estimate of drug-likeness (QED) is 0.605. The second-order valence-electron chi connectivity index (χ2n) is 6.56. The first-order chi connectivity index (χ1) is 14.0. The van der Waals surface area contributed by atoms with E-state index in [1.54, 1.807) is 6.07 Å². The fourth-order valence-electron chi connectivity index (χ4n) is 2.97. The highest BCUT2D eigenvalue weighted by atomic mass is 19.1. The van der Waals surface area contributed by atoms with Gasteiger partial charge in [-0.25, -0.2) is 14.4 Å². The monoisotopic (exact) mass is 393 g/mol. The SMILES string of the molecule is CCN(CC)c1ccc(Nc2ncc(C(=O)Nc3cccc(F)c3)cn2)c(C)c1. The van der Waals surface area contributed by atoms with Crippen molar-refractivity contribution < 1.29 is 9.18 Å². The van der Waals surface area contributed by atoms with Gasteiger partial charge in [-0.15, -0.1) is 0 Å². The minimum Gasteiger partial charge on any atom is -0.372 e. The number of benzene rings is 2. The maximum absolute atomic E-state index is 13.2. The Kier molecular flexibility index (Phi) is 6.39. The number of rotatable bonds is 7. The summed E-state index contributed by atoms with van der Waals surface area (Å²) in [6.07, 6.45) is 2.87. The number of hydrogen-bond donors (Lipinski definition) is 2. The number of carbonyl (C=O) groups is 1. The second-order valence-corrected chi connectivity index (χ2v) is 6.56. The molecule has 6 nitrogen and oxygen atoms in total. The molecule has 1 aromatic heterocycles. The van der Waals surface area contributed by atoms with Crippen LogP contribution in [-0.2, 0) is 0 Å². The molecule has 0 spiro atoms. The topological polar surface area (TPSA) is 70.2 Å². The molecule has 0 aliphatic rings. The molecule has 0 saturated carbocycles. The van der Waals surface area contributed by atoms with Crippen LogP contribution in [0.15, 0.2) is 54.9 Å². The molecular weight excluding hydrogens is 369 g/mol. The van der Waals surface area contributed by atoms with Gasteiger partial charge in [0.25, 0.3) is 5.91 Å². The van der Waals surface area contributed by atoms with Crippen molar-refractivity contribution >= 4 is 28.9 Å². The number of hydrogen-bond acceptors (Lipinski definition) is 5. The summed E-state index contributed by atoms with van der Waals surface area (Å²) in [7, 11) is 0. The third-order valence-electron chi connectivity index (χ3n) is 4.58. The molecule has 0 unspecified atom stereocenters. The molecule has 2 aromatic carbocycles. The number of carbonyl (C=O) groups excluding carboxylic acids is 1. The van der Waals surface area contributed by atoms with Gasteiger partial charge in [-0.1, -0.05) is 6.07 Å². The van der Waals surface area contributed by atoms with E-state index < -0.39 is 11.7 Å². The minimum atomic E-state index is -0.416. The largest absolute Gasteiger partial charge is 0.372 e. The van der Waals surface area contributed by atoms with Crippen molar-refractivity contribution in [3.05, 3.63) is 71.8 Å². The maximum Gasteiger partial charge on any atom is 0.258 e. The van der Waals surface area contributed by atoms with Gasteiger partial charge in [0.05, 0.1) is 5.56 Å². The van der Waals surface area contributed by atoms with E-state index in [9.17, 15) is 9.18 Å². The van der Waals surface area contributed by atoms with E-state index in [0.29, 0.717) is 11.6 Å². The van der Waals surface area contributed by atoms with Gasteiger partial charge in [-0.3, -0.25) is 4.79 Å². The van der Waals surface area contributed by atoms with Crippen LogP contribution in [0.5, 0.6) is 0 Å². The zero-order chi connectivity index (χ0) is 20.8. The molecule has 0 aliphatic carbocycles. The average molecular weight is 393 g/mol. The van der Waals surface area contributed by atoms with E-state index in [1.807, 2.05) is 13.0 Å². The Morgan fingerprint density at radius 2 is 1.79 bits per heavy atom. The number of amides is 1. The van der Waals surface area contributed by atoms with E-state index in [-0.39, 0.29) is 5.56 Å². The summed E-state index contributed by atoms with van der Waals surface area (Å²) in [6, 6.07) is 11.9. The van der Waals surface area contributed by atoms with Gasteiger partial charge in [-0.05, 0) is 62.7 Å². The molecule has 0 radical (unpaired) electrons. The molecule has 150 valence electrons. The first-order valence-electron chi connectivity index (χ1n) is 9.51. The molecular formula is C22H24FN5O. The first-order valence-corrected chi connectivity index (χ1v) is 9.51. The lowest BCUT2D eigenvalue weighted by atomic mass is 10.1. The molecule has 3 aromatic rings. The van der Waals surface area contributed by atoms with Crippen LogP contribution in [0.4, 0.5) is 27.4 Å². The number of halogens is 1. The van der Waals surface area contributed by atoms with Gasteiger partial charge in [0, 0.05) is 42.5 Å². The minimum absolute atomic E-state index is 0.286. The molecule has 29 heavy (non-hydrogen) atoms. The summed E-state index contributed by atoms with van der Waals surface area (Å²) >= 11 is 0. The van der Waals surface area contributed by atoms with Crippen LogP contribution in [0.3, 0.4) is 0 Å². The van der Waals surface area contributed by atoms with Crippen molar-refractivity contribution in [1.82, 2.24) is 9.97 Å². The van der Waals surface area contributed by atoms with E-state index in [4.69, 9.17) is 0 Å². The lowest BCUT2D eigenvalue weighted by Gasteiger charge is -2.22. The second kappa shape index (κ2) is 9.14. The number of aryl methyl sites for hydroxylation is 1. The normalized spacial score (nSPS) is 10.5. The Labute approximate surface area is 169 Å². The van der Waals surface area contributed by atoms with Gasteiger partial charge >= 0.3 is 0 Å². The van der Waals surface area contributed by atoms with Crippen molar-refractivity contribution in [2.75, 3.05) is 28.6 Å². The number of anilines is 4. The fourth-order valence-corrected chi connectivity index (χ4v) is 2.97. The molecule has 1 heterocycles. The van der Waals surface area contributed by atoms with Gasteiger partial charge in [0.2, 0.25) is 5.95 Å². The maximum atomic E-state index is 13.2. The van der Waals surface area contributed by atoms with E-state index >= 15 is 0 Å². The predicted octanol–water partition coefficient (Wildman–Crippen LogP) is 4.77. The highest BCUT2D eigenvalue weighted by Crippen LogP contribution is 2.24. The van der Waals surface area contributed by atoms with Crippen LogP contribution in [0.2, 0.25) is 0 Å². The van der Waals surface area contributed by atoms with Gasteiger partial charge in [0.15, 0.2) is 0 Å². The van der Waals surface area contributed by atoms with Crippen molar-refractivity contribution in [3.63, 3.8) is 0 Å². The van der Waals surface area contributed by atoms with Crippen molar-refractivity contribution in [3.8, 4) is 0 Å². The lowest BCUT2D eigenvalue weighted by Crippen LogP contribution is -2.21. The fraction of sp³-hybridized carbons (Fsp3) is 0.227. The van der Waals surface area contributed by atoms with Crippen LogP contribution in [0.1, 0.15) is 29.8 Å². The van der Waals surface area contributed by atoms with Crippen LogP contribution in [-0.4, -0.2) is 29.0 Å². The highest BCUT2D eigenvalue weighted by molar-refractivity contribution is 6.03. The van der Waals surface area contributed by atoms with Gasteiger partial charge in [0.1, 0.15) is 5.82 Å². The standard InChI is InChI=1S/C22H24FN5O/c1-4-28(5-2)19-9-10-20(15(3)11-19)27-22-24-13-16(14-25-22)21(29)26-18-8-6-7-17(23)12-18/h6-14H,4-5H2,1-3H3,(H,26,29)(H,24,25,27). The average Bonchev–Trinajstić information content (AvgIpc) is 2.71. The van der Waals surface area contributed by atoms with Gasteiger partial charge < -0.3 is 15.5 Å². The summed E-state index contributed by atoms with van der Waals surface area (Å²) in [4.78, 5) is 23.0. The Morgan fingerprint density at radius 3 is 2.41 bits per heavy atom. The number of nitrogens with one attached hydrogen (secondary N) is 2. The highest BCUT2D eigenvalue weighted by Gasteiger charge is 2.10. The first kappa shape index (κ1) is 20.3. The zero-order valence-corrected chi connectivity index (χ0v) is 16.7. The zero-order valence-electron chi connectivity index (χ0n) is 16.7. The molecule has 2 N–H and O–H groups in total. The van der Waals surface area contributed by atoms with E-state index in [2.05, 4.69) is 51.5 Å². The molecule has 1 amide bonds. The number of nitrogens with zero attached hydrogens (tertiary/aromatic N) is 3. The summed E-state index contributed by atoms with van der Waals surface area (Å²) in [5.41, 5.74) is 3.81. The third-order valence-corrected chi connectivity index (χ3v) is 4.58. The predicted molar refractivity (Wildman–Crippen MR) is 114 cm³/mol. The van der Waals surface area contributed by atoms with E-state index in [1.165, 1.54) is 36.3 Å². The Morgan fingerprint density at radius 1 is 1.07 bits per heavy atom. The van der Waals surface area contributed by atoms with Crippen molar-refractivity contribution in [2.45, 2.75) is 20.8 Å². The molecule has 0 fully saturated rings. The van der Waals surface area contributed by atoms with Crippen molar-refractivity contribution in [2.24, 2.45) is 0 Å². The summed E-state index contributed by atoms with van der Waals surface area (Å²) in [6.45, 7) is 8.18. The summed E-state index contributed by atoms with van der Waals surface area (Å²) in [5, 5.41) is 5.80. The Hall–Kier alpha value is -3.48. The Bertz CT molecular complexity index is 987.